The summed E-state index contributed by atoms with van der Waals surface area (Å²) in [4.78, 5) is 11.0. The highest BCUT2D eigenvalue weighted by molar-refractivity contribution is 5.85. The molecule has 0 radical (unpaired) electrons. The van der Waals surface area contributed by atoms with Gasteiger partial charge in [-0.25, -0.2) is 0 Å². The van der Waals surface area contributed by atoms with Crippen molar-refractivity contribution in [1.29, 1.82) is 0 Å². The van der Waals surface area contributed by atoms with E-state index in [1.807, 2.05) is 0 Å². The minimum atomic E-state index is -0.143. The lowest BCUT2D eigenvalue weighted by Gasteiger charge is -2.14. The Bertz CT molecular complexity index is 170. The summed E-state index contributed by atoms with van der Waals surface area (Å²) in [5.41, 5.74) is 0.235. The highest BCUT2D eigenvalue weighted by atomic mass is 35.5. The van der Waals surface area contributed by atoms with E-state index in [1.165, 1.54) is 7.11 Å². The van der Waals surface area contributed by atoms with Crippen LogP contribution in [0.25, 0.3) is 0 Å². The number of halogens is 1. The van der Waals surface area contributed by atoms with Crippen molar-refractivity contribution in [3.63, 3.8) is 0 Å². The molecule has 1 atom stereocenters. The maximum absolute atomic E-state index is 11.0. The van der Waals surface area contributed by atoms with Gasteiger partial charge in [-0.2, -0.15) is 0 Å². The molecule has 0 aromatic heterocycles. The van der Waals surface area contributed by atoms with E-state index in [0.29, 0.717) is 0 Å². The first kappa shape index (κ1) is 11.7. The summed E-state index contributed by atoms with van der Waals surface area (Å²) in [5.74, 6) is -0.143. The average Bonchev–Trinajstić information content (AvgIpc) is 2.29. The van der Waals surface area contributed by atoms with Crippen molar-refractivity contribution in [2.24, 2.45) is 5.41 Å². The van der Waals surface area contributed by atoms with Gasteiger partial charge < -0.3 is 10.1 Å². The Labute approximate surface area is 79.3 Å². The molecule has 0 aliphatic carbocycles. The van der Waals surface area contributed by atoms with E-state index in [0.717, 1.165) is 13.0 Å². The van der Waals surface area contributed by atoms with Crippen molar-refractivity contribution in [2.45, 2.75) is 26.3 Å². The van der Waals surface area contributed by atoms with Crippen molar-refractivity contribution in [1.82, 2.24) is 5.32 Å². The molecule has 0 bridgehead atoms. The van der Waals surface area contributed by atoms with E-state index < -0.39 is 0 Å². The van der Waals surface area contributed by atoms with Crippen molar-refractivity contribution >= 4 is 18.4 Å². The second kappa shape index (κ2) is 4.10. The van der Waals surface area contributed by atoms with Gasteiger partial charge in [-0.15, -0.1) is 12.4 Å². The number of ether oxygens (including phenoxy) is 1. The van der Waals surface area contributed by atoms with Gasteiger partial charge in [0.2, 0.25) is 0 Å². The second-order valence-corrected chi connectivity index (χ2v) is 3.82. The Kier molecular flexibility index (Phi) is 4.00. The normalized spacial score (nSPS) is 26.1. The minimum Gasteiger partial charge on any atom is -0.468 e. The van der Waals surface area contributed by atoms with Gasteiger partial charge >= 0.3 is 5.97 Å². The van der Waals surface area contributed by atoms with Gasteiger partial charge in [0, 0.05) is 6.54 Å². The van der Waals surface area contributed by atoms with Crippen molar-refractivity contribution < 1.29 is 9.53 Å². The van der Waals surface area contributed by atoms with Crippen LogP contribution in [0, 0.1) is 5.41 Å². The fraction of sp³-hybridized carbons (Fsp3) is 0.875. The zero-order chi connectivity index (χ0) is 8.48. The fourth-order valence-corrected chi connectivity index (χ4v) is 1.41. The summed E-state index contributed by atoms with van der Waals surface area (Å²) in [6.45, 7) is 5.18. The highest BCUT2D eigenvalue weighted by Gasteiger charge is 2.34. The maximum atomic E-state index is 11.0. The SMILES string of the molecule is COC(=O)C1CC(C)(C)CN1.Cl. The third kappa shape index (κ3) is 2.64. The fourth-order valence-electron chi connectivity index (χ4n) is 1.41. The van der Waals surface area contributed by atoms with Crippen LogP contribution in [-0.2, 0) is 9.53 Å². The number of hydrogen-bond acceptors (Lipinski definition) is 3. The van der Waals surface area contributed by atoms with E-state index in [-0.39, 0.29) is 29.8 Å². The number of methoxy groups -OCH3 is 1. The monoisotopic (exact) mass is 193 g/mol. The zero-order valence-electron chi connectivity index (χ0n) is 7.72. The predicted octanol–water partition coefficient (Wildman–Crippen LogP) is 0.969. The minimum absolute atomic E-state index is 0. The van der Waals surface area contributed by atoms with Gasteiger partial charge in [0.25, 0.3) is 0 Å². The lowest BCUT2D eigenvalue weighted by molar-refractivity contribution is -0.142. The summed E-state index contributed by atoms with van der Waals surface area (Å²) in [6, 6.07) is -0.0880. The van der Waals surface area contributed by atoms with Gasteiger partial charge in [0.15, 0.2) is 0 Å². The summed E-state index contributed by atoms with van der Waals surface area (Å²) < 4.78 is 4.63. The summed E-state index contributed by atoms with van der Waals surface area (Å²) in [7, 11) is 1.43. The van der Waals surface area contributed by atoms with Crippen molar-refractivity contribution in [3.8, 4) is 0 Å². The first-order valence-electron chi connectivity index (χ1n) is 3.86. The van der Waals surface area contributed by atoms with Gasteiger partial charge in [-0.05, 0) is 11.8 Å². The van der Waals surface area contributed by atoms with Gasteiger partial charge in [0.1, 0.15) is 6.04 Å². The van der Waals surface area contributed by atoms with Crippen LogP contribution < -0.4 is 5.32 Å². The number of carbonyl (C=O) groups excluding carboxylic acids is 1. The third-order valence-corrected chi connectivity index (χ3v) is 2.07. The third-order valence-electron chi connectivity index (χ3n) is 2.07. The molecule has 1 rings (SSSR count). The first-order chi connectivity index (χ1) is 5.05. The Hall–Kier alpha value is -0.280. The molecule has 1 heterocycles. The predicted molar refractivity (Wildman–Crippen MR) is 49.5 cm³/mol. The van der Waals surface area contributed by atoms with E-state index in [9.17, 15) is 4.79 Å². The van der Waals surface area contributed by atoms with E-state index in [1.54, 1.807) is 0 Å². The molecule has 72 valence electrons. The largest absolute Gasteiger partial charge is 0.468 e. The smallest absolute Gasteiger partial charge is 0.322 e. The van der Waals surface area contributed by atoms with Crippen LogP contribution in [-0.4, -0.2) is 25.7 Å². The van der Waals surface area contributed by atoms with Gasteiger partial charge in [-0.1, -0.05) is 13.8 Å². The second-order valence-electron chi connectivity index (χ2n) is 3.82. The molecule has 1 unspecified atom stereocenters. The Morgan fingerprint density at radius 1 is 1.58 bits per heavy atom. The number of carbonyl (C=O) groups is 1. The molecular formula is C8H16ClNO2. The molecule has 0 aromatic carbocycles. The van der Waals surface area contributed by atoms with Crippen molar-refractivity contribution in [2.75, 3.05) is 13.7 Å². The van der Waals surface area contributed by atoms with Crippen LogP contribution in [0.4, 0.5) is 0 Å². The molecule has 4 heteroatoms. The van der Waals surface area contributed by atoms with Crippen LogP contribution in [0.5, 0.6) is 0 Å². The van der Waals surface area contributed by atoms with E-state index in [2.05, 4.69) is 23.9 Å². The first-order valence-corrected chi connectivity index (χ1v) is 3.86. The van der Waals surface area contributed by atoms with Gasteiger partial charge in [-0.3, -0.25) is 4.79 Å². The van der Waals surface area contributed by atoms with Crippen LogP contribution >= 0.6 is 12.4 Å². The molecular weight excluding hydrogens is 178 g/mol. The van der Waals surface area contributed by atoms with Crippen LogP contribution in [0.3, 0.4) is 0 Å². The summed E-state index contributed by atoms with van der Waals surface area (Å²) >= 11 is 0. The average molecular weight is 194 g/mol. The molecule has 0 saturated carbocycles. The highest BCUT2D eigenvalue weighted by Crippen LogP contribution is 2.27. The molecule has 1 fully saturated rings. The maximum Gasteiger partial charge on any atom is 0.322 e. The Morgan fingerprint density at radius 2 is 2.17 bits per heavy atom. The Balaban J connectivity index is 0.00000121. The molecule has 1 N–H and O–H groups in total. The van der Waals surface area contributed by atoms with Crippen molar-refractivity contribution in [3.05, 3.63) is 0 Å². The molecule has 0 aromatic rings. The topological polar surface area (TPSA) is 38.3 Å². The molecule has 1 aliphatic rings. The number of nitrogens with one attached hydrogen (secondary N) is 1. The molecule has 0 spiro atoms. The molecule has 1 saturated heterocycles. The number of rotatable bonds is 1. The van der Waals surface area contributed by atoms with E-state index >= 15 is 0 Å². The quantitative estimate of drug-likeness (QED) is 0.631. The Morgan fingerprint density at radius 3 is 2.50 bits per heavy atom. The van der Waals surface area contributed by atoms with E-state index in [4.69, 9.17) is 0 Å². The summed E-state index contributed by atoms with van der Waals surface area (Å²) in [6.07, 6.45) is 0.875. The molecule has 1 aliphatic heterocycles. The standard InChI is InChI=1S/C8H15NO2.ClH/c1-8(2)4-6(9-5-8)7(10)11-3;/h6,9H,4-5H2,1-3H3;1H. The molecule has 3 nitrogen and oxygen atoms in total. The lowest BCUT2D eigenvalue weighted by Crippen LogP contribution is -2.31. The molecule has 0 amide bonds. The zero-order valence-corrected chi connectivity index (χ0v) is 8.53. The number of hydrogen-bond donors (Lipinski definition) is 1. The summed E-state index contributed by atoms with van der Waals surface area (Å²) in [5, 5.41) is 3.12. The lowest BCUT2D eigenvalue weighted by atomic mass is 9.91. The molecule has 12 heavy (non-hydrogen) atoms. The van der Waals surface area contributed by atoms with Gasteiger partial charge in [0.05, 0.1) is 7.11 Å². The van der Waals surface area contributed by atoms with Crippen LogP contribution in [0.2, 0.25) is 0 Å². The van der Waals surface area contributed by atoms with Crippen LogP contribution in [0.1, 0.15) is 20.3 Å². The van der Waals surface area contributed by atoms with Crippen LogP contribution in [0.15, 0.2) is 0 Å². The number of esters is 1.